The number of carbonyl (C=O) groups excluding carboxylic acids is 1. The van der Waals surface area contributed by atoms with E-state index in [0.717, 1.165) is 77.1 Å². The normalized spacial score (nSPS) is 15.7. The zero-order chi connectivity index (χ0) is 25.9. The molecule has 1 aliphatic heterocycles. The SMILES string of the molecule is CC(C)(C)OC(=O)CCCCCCCCCN1CCC(c2cc(OC(F)(F)F)ccc2N=O)CC1. The van der Waals surface area contributed by atoms with E-state index in [1.54, 1.807) is 0 Å². The van der Waals surface area contributed by atoms with E-state index in [1.807, 2.05) is 20.8 Å². The Morgan fingerprint density at radius 1 is 1.00 bits per heavy atom. The van der Waals surface area contributed by atoms with Gasteiger partial charge in [-0.2, -0.15) is 0 Å². The molecule has 6 nitrogen and oxygen atoms in total. The van der Waals surface area contributed by atoms with E-state index >= 15 is 0 Å². The summed E-state index contributed by atoms with van der Waals surface area (Å²) in [6.07, 6.45) is 4.89. The van der Waals surface area contributed by atoms with Gasteiger partial charge in [0.1, 0.15) is 17.0 Å². The summed E-state index contributed by atoms with van der Waals surface area (Å²) >= 11 is 0. The third-order valence-electron chi connectivity index (χ3n) is 6.13. The van der Waals surface area contributed by atoms with Crippen molar-refractivity contribution in [2.75, 3.05) is 19.6 Å². The van der Waals surface area contributed by atoms with Crippen molar-refractivity contribution in [1.29, 1.82) is 0 Å². The second-order valence-corrected chi connectivity index (χ2v) is 10.3. The molecule has 1 aliphatic rings. The van der Waals surface area contributed by atoms with Crippen LogP contribution in [0.5, 0.6) is 5.75 Å². The molecule has 35 heavy (non-hydrogen) atoms. The fraction of sp³-hybridized carbons (Fsp3) is 0.731. The smallest absolute Gasteiger partial charge is 0.460 e. The van der Waals surface area contributed by atoms with Gasteiger partial charge in [0.25, 0.3) is 0 Å². The lowest BCUT2D eigenvalue weighted by Gasteiger charge is -2.32. The molecule has 0 radical (unpaired) electrons. The molecule has 9 heteroatoms. The highest BCUT2D eigenvalue weighted by atomic mass is 19.4. The summed E-state index contributed by atoms with van der Waals surface area (Å²) in [7, 11) is 0. The number of carbonyl (C=O) groups is 1. The molecule has 0 bridgehead atoms. The monoisotopic (exact) mass is 500 g/mol. The third-order valence-corrected chi connectivity index (χ3v) is 6.13. The zero-order valence-corrected chi connectivity index (χ0v) is 21.2. The molecule has 2 rings (SSSR count). The number of unbranched alkanes of at least 4 members (excludes halogenated alkanes) is 6. The maximum Gasteiger partial charge on any atom is 0.573 e. The Bertz CT molecular complexity index is 801. The number of hydrogen-bond acceptors (Lipinski definition) is 6. The summed E-state index contributed by atoms with van der Waals surface area (Å²) in [5, 5.41) is 3.00. The first-order chi connectivity index (χ1) is 16.5. The number of nitrogens with zero attached hydrogens (tertiary/aromatic N) is 2. The van der Waals surface area contributed by atoms with Crippen molar-refractivity contribution in [1.82, 2.24) is 4.90 Å². The number of likely N-dealkylation sites (tertiary alicyclic amines) is 1. The van der Waals surface area contributed by atoms with Crippen LogP contribution in [0, 0.1) is 4.91 Å². The Labute approximate surface area is 206 Å². The average Bonchev–Trinajstić information content (AvgIpc) is 2.76. The summed E-state index contributed by atoms with van der Waals surface area (Å²) in [4.78, 5) is 25.2. The van der Waals surface area contributed by atoms with E-state index in [1.165, 1.54) is 18.6 Å². The van der Waals surface area contributed by atoms with E-state index < -0.39 is 12.0 Å². The van der Waals surface area contributed by atoms with Gasteiger partial charge < -0.3 is 14.4 Å². The summed E-state index contributed by atoms with van der Waals surface area (Å²) in [6.45, 7) is 8.33. The molecule has 0 aromatic heterocycles. The van der Waals surface area contributed by atoms with Crippen LogP contribution in [-0.2, 0) is 9.53 Å². The standard InChI is InChI=1S/C26H39F3N2O4/c1-25(2,3)35-24(32)11-9-7-5-4-6-8-10-16-31-17-14-20(15-18-31)22-19-21(34-26(27,28)29)12-13-23(22)30-33/h12-13,19-20H,4-11,14-18H2,1-3H3. The fourth-order valence-electron chi connectivity index (χ4n) is 4.49. The summed E-state index contributed by atoms with van der Waals surface area (Å²) in [6, 6.07) is 3.73. The van der Waals surface area contributed by atoms with Crippen molar-refractivity contribution in [3.63, 3.8) is 0 Å². The van der Waals surface area contributed by atoms with Gasteiger partial charge in [0, 0.05) is 6.42 Å². The number of ether oxygens (including phenoxy) is 2. The summed E-state index contributed by atoms with van der Waals surface area (Å²) in [5.74, 6) is -0.439. The highest BCUT2D eigenvalue weighted by Gasteiger charge is 2.32. The van der Waals surface area contributed by atoms with E-state index in [2.05, 4.69) is 14.8 Å². The molecule has 0 aliphatic carbocycles. The van der Waals surface area contributed by atoms with Crippen LogP contribution < -0.4 is 4.74 Å². The molecule has 1 aromatic carbocycles. The van der Waals surface area contributed by atoms with Crippen LogP contribution in [0.25, 0.3) is 0 Å². The van der Waals surface area contributed by atoms with Crippen LogP contribution in [0.3, 0.4) is 0 Å². The fourth-order valence-corrected chi connectivity index (χ4v) is 4.49. The minimum Gasteiger partial charge on any atom is -0.460 e. The van der Waals surface area contributed by atoms with Crippen LogP contribution >= 0.6 is 0 Å². The summed E-state index contributed by atoms with van der Waals surface area (Å²) in [5.41, 5.74) is 0.302. The largest absolute Gasteiger partial charge is 0.573 e. The van der Waals surface area contributed by atoms with Crippen LogP contribution in [0.4, 0.5) is 18.9 Å². The van der Waals surface area contributed by atoms with Gasteiger partial charge in [-0.3, -0.25) is 4.79 Å². The highest BCUT2D eigenvalue weighted by Crippen LogP contribution is 2.37. The molecule has 0 unspecified atom stereocenters. The first-order valence-electron chi connectivity index (χ1n) is 12.6. The predicted octanol–water partition coefficient (Wildman–Crippen LogP) is 7.63. The predicted molar refractivity (Wildman–Crippen MR) is 130 cm³/mol. The van der Waals surface area contributed by atoms with Gasteiger partial charge in [0.15, 0.2) is 0 Å². The lowest BCUT2D eigenvalue weighted by Crippen LogP contribution is -2.33. The summed E-state index contributed by atoms with van der Waals surface area (Å²) < 4.78 is 47.0. The highest BCUT2D eigenvalue weighted by molar-refractivity contribution is 5.69. The minimum absolute atomic E-state index is 0.00332. The number of piperidine rings is 1. The third kappa shape index (κ3) is 11.9. The maximum atomic E-state index is 12.5. The quantitative estimate of drug-likeness (QED) is 0.158. The maximum absolute atomic E-state index is 12.5. The molecule has 0 spiro atoms. The number of halogens is 3. The number of hydrogen-bond donors (Lipinski definition) is 0. The first kappa shape index (κ1) is 29.1. The van der Waals surface area contributed by atoms with E-state index in [0.29, 0.717) is 12.0 Å². The first-order valence-corrected chi connectivity index (χ1v) is 12.6. The van der Waals surface area contributed by atoms with Gasteiger partial charge in [-0.15, -0.1) is 18.1 Å². The second-order valence-electron chi connectivity index (χ2n) is 10.3. The second kappa shape index (κ2) is 13.8. The molecule has 1 heterocycles. The van der Waals surface area contributed by atoms with E-state index in [9.17, 15) is 22.9 Å². The van der Waals surface area contributed by atoms with Gasteiger partial charge in [-0.25, -0.2) is 0 Å². The molecule has 0 N–H and O–H groups in total. The lowest BCUT2D eigenvalue weighted by molar-refractivity contribution is -0.274. The van der Waals surface area contributed by atoms with E-state index in [-0.39, 0.29) is 23.3 Å². The van der Waals surface area contributed by atoms with Crippen LogP contribution in [0.1, 0.15) is 96.5 Å². The van der Waals surface area contributed by atoms with Crippen LogP contribution in [0.15, 0.2) is 23.4 Å². The van der Waals surface area contributed by atoms with Crippen molar-refractivity contribution in [2.24, 2.45) is 5.18 Å². The molecule has 0 amide bonds. The number of esters is 1. The van der Waals surface area contributed by atoms with Gasteiger partial charge in [-0.1, -0.05) is 32.1 Å². The van der Waals surface area contributed by atoms with Gasteiger partial charge in [0.2, 0.25) is 0 Å². The van der Waals surface area contributed by atoms with Gasteiger partial charge in [0.05, 0.1) is 0 Å². The minimum atomic E-state index is -4.77. The van der Waals surface area contributed by atoms with Gasteiger partial charge in [-0.05, 0) is 101 Å². The molecule has 0 atom stereocenters. The van der Waals surface area contributed by atoms with Crippen molar-refractivity contribution in [3.05, 3.63) is 28.7 Å². The van der Waals surface area contributed by atoms with Crippen LogP contribution in [0.2, 0.25) is 0 Å². The number of nitroso groups, excluding NO2 is 1. The van der Waals surface area contributed by atoms with Crippen LogP contribution in [-0.4, -0.2) is 42.5 Å². The average molecular weight is 501 g/mol. The molecule has 1 fully saturated rings. The number of benzene rings is 1. The lowest BCUT2D eigenvalue weighted by atomic mass is 9.88. The van der Waals surface area contributed by atoms with Gasteiger partial charge >= 0.3 is 12.3 Å². The molecule has 1 aromatic rings. The molecule has 198 valence electrons. The Balaban J connectivity index is 1.60. The molecule has 1 saturated heterocycles. The Hall–Kier alpha value is -2.16. The number of alkyl halides is 3. The van der Waals surface area contributed by atoms with E-state index in [4.69, 9.17) is 4.74 Å². The number of rotatable bonds is 13. The van der Waals surface area contributed by atoms with Crippen molar-refractivity contribution in [3.8, 4) is 5.75 Å². The zero-order valence-electron chi connectivity index (χ0n) is 21.2. The molecule has 0 saturated carbocycles. The molecular weight excluding hydrogens is 461 g/mol. The van der Waals surface area contributed by atoms with Crippen molar-refractivity contribution >= 4 is 11.7 Å². The molecular formula is C26H39F3N2O4. The topological polar surface area (TPSA) is 68.2 Å². The van der Waals surface area contributed by atoms with Crippen molar-refractivity contribution in [2.45, 2.75) is 103 Å². The Morgan fingerprint density at radius 2 is 1.60 bits per heavy atom. The van der Waals surface area contributed by atoms with Crippen molar-refractivity contribution < 1.29 is 27.4 Å². The Morgan fingerprint density at radius 3 is 2.17 bits per heavy atom. The Kier molecular flexibility index (Phi) is 11.5.